The molecule has 4 aromatic rings. The number of likely N-dealkylation sites (N-methyl/N-ethyl adjacent to an activating group) is 1. The van der Waals surface area contributed by atoms with Crippen LogP contribution in [0.25, 0.3) is 20.8 Å². The molecule has 184 valence electrons. The summed E-state index contributed by atoms with van der Waals surface area (Å²) in [5.74, 6) is -0.327. The Kier molecular flexibility index (Phi) is 7.63. The summed E-state index contributed by atoms with van der Waals surface area (Å²) >= 11 is 3.23. The van der Waals surface area contributed by atoms with Crippen LogP contribution in [0.4, 0.5) is 5.00 Å². The number of carbonyl (C=O) groups is 1. The third-order valence-electron chi connectivity index (χ3n) is 6.15. The Hall–Kier alpha value is -2.30. The van der Waals surface area contributed by atoms with Crippen molar-refractivity contribution in [1.82, 2.24) is 9.88 Å². The maximum Gasteiger partial charge on any atom is 0.256 e. The van der Waals surface area contributed by atoms with E-state index < -0.39 is 9.84 Å². The first kappa shape index (κ1) is 25.8. The van der Waals surface area contributed by atoms with Crippen LogP contribution < -0.4 is 5.32 Å². The fraction of sp³-hybridized carbons (Fsp3) is 0.280. The number of sulfone groups is 1. The molecule has 35 heavy (non-hydrogen) atoms. The molecular weight excluding hydrogens is 522 g/mol. The van der Waals surface area contributed by atoms with Gasteiger partial charge in [-0.2, -0.15) is 0 Å². The van der Waals surface area contributed by atoms with Gasteiger partial charge in [0.25, 0.3) is 5.91 Å². The fourth-order valence-corrected chi connectivity index (χ4v) is 7.51. The monoisotopic (exact) mass is 547 g/mol. The van der Waals surface area contributed by atoms with Gasteiger partial charge >= 0.3 is 0 Å². The van der Waals surface area contributed by atoms with Crippen molar-refractivity contribution in [2.24, 2.45) is 0 Å². The van der Waals surface area contributed by atoms with E-state index >= 15 is 0 Å². The van der Waals surface area contributed by atoms with E-state index in [0.717, 1.165) is 51.8 Å². The Balaban J connectivity index is 0.00000289. The molecule has 0 fully saturated rings. The Morgan fingerprint density at radius 1 is 1.11 bits per heavy atom. The molecule has 0 saturated carbocycles. The highest BCUT2D eigenvalue weighted by atomic mass is 35.5. The summed E-state index contributed by atoms with van der Waals surface area (Å²) in [4.78, 5) is 21.9. The lowest BCUT2D eigenvalue weighted by Crippen LogP contribution is -2.29. The number of para-hydroxylation sites is 1. The number of hydrogen-bond acceptors (Lipinski definition) is 7. The smallest absolute Gasteiger partial charge is 0.256 e. The van der Waals surface area contributed by atoms with Crippen molar-refractivity contribution < 1.29 is 13.2 Å². The summed E-state index contributed by atoms with van der Waals surface area (Å²) in [5, 5.41) is 4.77. The molecule has 1 aliphatic heterocycles. The Labute approximate surface area is 219 Å². The third-order valence-corrected chi connectivity index (χ3v) is 10.1. The van der Waals surface area contributed by atoms with Crippen LogP contribution in [0.2, 0.25) is 0 Å². The number of nitrogens with one attached hydrogen (secondary N) is 1. The SMILES string of the molecule is CCN1CCc2c(sc(NC(=O)c3cccc(S(=O)(=O)CC)c3)c2-c2nc3ccccc3s2)C1.Cl. The molecule has 10 heteroatoms. The highest BCUT2D eigenvalue weighted by Gasteiger charge is 2.27. The zero-order valence-corrected chi connectivity index (χ0v) is 22.7. The van der Waals surface area contributed by atoms with Gasteiger partial charge in [-0.15, -0.1) is 35.1 Å². The lowest BCUT2D eigenvalue weighted by Gasteiger charge is -2.25. The molecule has 0 spiro atoms. The standard InChI is InChI=1S/C25H25N3O3S3.ClH/c1-3-28-13-12-18-21(15-28)33-25(22(18)24-26-19-10-5-6-11-20(19)32-24)27-23(29)16-8-7-9-17(14-16)34(30,31)4-2;/h5-11,14H,3-4,12-13,15H2,1-2H3,(H,27,29);1H. The quantitative estimate of drug-likeness (QED) is 0.326. The normalized spacial score (nSPS) is 13.9. The Bertz CT molecular complexity index is 1460. The van der Waals surface area contributed by atoms with Crippen LogP contribution >= 0.6 is 35.1 Å². The van der Waals surface area contributed by atoms with Gasteiger partial charge < -0.3 is 5.32 Å². The van der Waals surface area contributed by atoms with E-state index in [0.29, 0.717) is 5.56 Å². The second-order valence-electron chi connectivity index (χ2n) is 8.20. The fourth-order valence-electron chi connectivity index (χ4n) is 4.19. The van der Waals surface area contributed by atoms with E-state index in [1.165, 1.54) is 22.6 Å². The van der Waals surface area contributed by atoms with Crippen LogP contribution in [0, 0.1) is 0 Å². The minimum Gasteiger partial charge on any atom is -0.313 e. The van der Waals surface area contributed by atoms with Gasteiger partial charge in [-0.05, 0) is 48.9 Å². The number of benzene rings is 2. The van der Waals surface area contributed by atoms with Crippen LogP contribution in [0.5, 0.6) is 0 Å². The molecule has 0 bridgehead atoms. The number of anilines is 1. The number of thiazole rings is 1. The molecule has 0 saturated heterocycles. The average Bonchev–Trinajstić information content (AvgIpc) is 3.44. The number of carbonyl (C=O) groups excluding carboxylic acids is 1. The molecule has 0 radical (unpaired) electrons. The minimum atomic E-state index is -3.40. The van der Waals surface area contributed by atoms with Gasteiger partial charge in [0.15, 0.2) is 9.84 Å². The summed E-state index contributed by atoms with van der Waals surface area (Å²) in [6, 6.07) is 14.3. The van der Waals surface area contributed by atoms with E-state index in [4.69, 9.17) is 4.98 Å². The summed E-state index contributed by atoms with van der Waals surface area (Å²) in [6.07, 6.45) is 0.908. The van der Waals surface area contributed by atoms with Crippen molar-refractivity contribution >= 4 is 66.0 Å². The summed E-state index contributed by atoms with van der Waals surface area (Å²) in [7, 11) is -3.40. The molecule has 1 aliphatic rings. The summed E-state index contributed by atoms with van der Waals surface area (Å²) in [5.41, 5.74) is 3.53. The van der Waals surface area contributed by atoms with Gasteiger partial charge in [0.1, 0.15) is 10.0 Å². The molecule has 1 N–H and O–H groups in total. The molecule has 1 amide bonds. The van der Waals surface area contributed by atoms with Crippen molar-refractivity contribution in [3.05, 3.63) is 64.5 Å². The molecular formula is C25H26ClN3O3S3. The first-order chi connectivity index (χ1) is 16.4. The third kappa shape index (κ3) is 5.01. The zero-order valence-electron chi connectivity index (χ0n) is 19.4. The molecule has 6 nitrogen and oxygen atoms in total. The first-order valence-electron chi connectivity index (χ1n) is 11.3. The van der Waals surface area contributed by atoms with Gasteiger partial charge in [0, 0.05) is 29.1 Å². The van der Waals surface area contributed by atoms with E-state index in [9.17, 15) is 13.2 Å². The number of fused-ring (bicyclic) bond motifs is 2. The second-order valence-corrected chi connectivity index (χ2v) is 12.6. The van der Waals surface area contributed by atoms with Gasteiger partial charge in [0.2, 0.25) is 0 Å². The van der Waals surface area contributed by atoms with E-state index in [1.807, 2.05) is 18.2 Å². The van der Waals surface area contributed by atoms with Gasteiger partial charge in [-0.25, -0.2) is 13.4 Å². The topological polar surface area (TPSA) is 79.4 Å². The number of halogens is 1. The van der Waals surface area contributed by atoms with Crippen LogP contribution in [0.15, 0.2) is 53.4 Å². The number of aromatic nitrogens is 1. The molecule has 0 unspecified atom stereocenters. The predicted octanol–water partition coefficient (Wildman–Crippen LogP) is 5.87. The number of nitrogens with zero attached hydrogens (tertiary/aromatic N) is 2. The van der Waals surface area contributed by atoms with Crippen molar-refractivity contribution in [2.75, 3.05) is 24.2 Å². The lowest BCUT2D eigenvalue weighted by molar-refractivity contribution is 0.102. The molecule has 2 aromatic heterocycles. The largest absolute Gasteiger partial charge is 0.313 e. The van der Waals surface area contributed by atoms with E-state index in [-0.39, 0.29) is 29.0 Å². The number of thiophene rings is 1. The molecule has 0 atom stereocenters. The molecule has 3 heterocycles. The molecule has 5 rings (SSSR count). The number of amides is 1. The van der Waals surface area contributed by atoms with Crippen LogP contribution in [0.1, 0.15) is 34.6 Å². The van der Waals surface area contributed by atoms with Crippen LogP contribution in [-0.4, -0.2) is 43.1 Å². The minimum absolute atomic E-state index is 0. The van der Waals surface area contributed by atoms with E-state index in [1.54, 1.807) is 41.7 Å². The summed E-state index contributed by atoms with van der Waals surface area (Å²) < 4.78 is 25.7. The van der Waals surface area contributed by atoms with Crippen LogP contribution in [-0.2, 0) is 22.8 Å². The van der Waals surface area contributed by atoms with Gasteiger partial charge in [-0.3, -0.25) is 9.69 Å². The first-order valence-corrected chi connectivity index (χ1v) is 14.5. The lowest BCUT2D eigenvalue weighted by atomic mass is 10.0. The van der Waals surface area contributed by atoms with Crippen molar-refractivity contribution in [3.8, 4) is 10.6 Å². The Morgan fingerprint density at radius 3 is 2.66 bits per heavy atom. The van der Waals surface area contributed by atoms with Crippen molar-refractivity contribution in [1.29, 1.82) is 0 Å². The van der Waals surface area contributed by atoms with Crippen molar-refractivity contribution in [3.63, 3.8) is 0 Å². The predicted molar refractivity (Wildman–Crippen MR) is 147 cm³/mol. The summed E-state index contributed by atoms with van der Waals surface area (Å²) in [6.45, 7) is 6.57. The van der Waals surface area contributed by atoms with Crippen molar-refractivity contribution in [2.45, 2.75) is 31.7 Å². The maximum atomic E-state index is 13.2. The maximum absolute atomic E-state index is 13.2. The molecule has 0 aliphatic carbocycles. The van der Waals surface area contributed by atoms with E-state index in [2.05, 4.69) is 23.2 Å². The number of rotatable bonds is 6. The van der Waals surface area contributed by atoms with Gasteiger partial charge in [-0.1, -0.05) is 32.0 Å². The zero-order chi connectivity index (χ0) is 23.9. The van der Waals surface area contributed by atoms with Crippen LogP contribution in [0.3, 0.4) is 0 Å². The Morgan fingerprint density at radius 2 is 1.91 bits per heavy atom. The average molecular weight is 548 g/mol. The number of hydrogen-bond donors (Lipinski definition) is 1. The second kappa shape index (κ2) is 10.4. The highest BCUT2D eigenvalue weighted by Crippen LogP contribution is 2.45. The van der Waals surface area contributed by atoms with Gasteiger partial charge in [0.05, 0.1) is 20.9 Å². The molecule has 2 aromatic carbocycles. The highest BCUT2D eigenvalue weighted by molar-refractivity contribution is 7.91.